The summed E-state index contributed by atoms with van der Waals surface area (Å²) in [7, 11) is 0. The van der Waals surface area contributed by atoms with Gasteiger partial charge in [0, 0.05) is 13.0 Å². The first-order valence-electron chi connectivity index (χ1n) is 12.9. The molecule has 4 heteroatoms. The number of aliphatic hydroxyl groups is 1. The molecule has 0 aromatic rings. The summed E-state index contributed by atoms with van der Waals surface area (Å²) >= 11 is 0. The van der Waals surface area contributed by atoms with Gasteiger partial charge >= 0.3 is 0 Å². The molecule has 4 rings (SSSR count). The summed E-state index contributed by atoms with van der Waals surface area (Å²) in [6.45, 7) is 10.1. The van der Waals surface area contributed by atoms with Gasteiger partial charge in [-0.05, 0) is 112 Å². The molecule has 0 amide bonds. The number of carbonyl (C=O) groups is 1. The molecular weight excluding hydrogens is 388 g/mol. The Labute approximate surface area is 189 Å². The van der Waals surface area contributed by atoms with Crippen molar-refractivity contribution in [1.29, 1.82) is 0 Å². The van der Waals surface area contributed by atoms with Gasteiger partial charge in [0.05, 0.1) is 12.7 Å². The Balaban J connectivity index is 1.37. The van der Waals surface area contributed by atoms with Crippen molar-refractivity contribution in [2.45, 2.75) is 104 Å². The van der Waals surface area contributed by atoms with Crippen molar-refractivity contribution in [3.05, 3.63) is 11.6 Å². The molecule has 0 bridgehead atoms. The second-order valence-corrected chi connectivity index (χ2v) is 11.4. The van der Waals surface area contributed by atoms with Crippen molar-refractivity contribution in [3.8, 4) is 0 Å². The molecule has 0 spiro atoms. The van der Waals surface area contributed by atoms with Crippen LogP contribution in [0.25, 0.3) is 0 Å². The first-order chi connectivity index (χ1) is 14.8. The van der Waals surface area contributed by atoms with E-state index < -0.39 is 0 Å². The highest BCUT2D eigenvalue weighted by atomic mass is 16.7. The molecule has 0 aromatic carbocycles. The Bertz CT molecular complexity index is 687. The molecule has 0 heterocycles. The zero-order chi connectivity index (χ0) is 22.2. The second kappa shape index (κ2) is 9.27. The van der Waals surface area contributed by atoms with E-state index in [2.05, 4.69) is 13.8 Å². The van der Waals surface area contributed by atoms with Gasteiger partial charge in [-0.1, -0.05) is 19.4 Å². The summed E-state index contributed by atoms with van der Waals surface area (Å²) in [4.78, 5) is 12.0. The van der Waals surface area contributed by atoms with Crippen molar-refractivity contribution in [2.24, 2.45) is 34.5 Å². The van der Waals surface area contributed by atoms with Crippen LogP contribution in [0.4, 0.5) is 0 Å². The van der Waals surface area contributed by atoms with Gasteiger partial charge in [-0.15, -0.1) is 0 Å². The number of aliphatic hydroxyl groups excluding tert-OH is 1. The van der Waals surface area contributed by atoms with E-state index in [1.54, 1.807) is 0 Å². The van der Waals surface area contributed by atoms with Gasteiger partial charge in [-0.3, -0.25) is 4.79 Å². The van der Waals surface area contributed by atoms with Gasteiger partial charge in [-0.2, -0.15) is 0 Å². The van der Waals surface area contributed by atoms with Gasteiger partial charge in [0.2, 0.25) is 0 Å². The van der Waals surface area contributed by atoms with Crippen LogP contribution in [0.3, 0.4) is 0 Å². The van der Waals surface area contributed by atoms with E-state index in [9.17, 15) is 9.90 Å². The van der Waals surface area contributed by atoms with Crippen LogP contribution in [0.5, 0.6) is 0 Å². The molecule has 176 valence electrons. The predicted molar refractivity (Wildman–Crippen MR) is 122 cm³/mol. The normalized spacial score (nSPS) is 41.7. The lowest BCUT2D eigenvalue weighted by molar-refractivity contribution is -0.132. The molecule has 1 N–H and O–H groups in total. The fraction of sp³-hybridized carbons (Fsp3) is 0.889. The molecule has 0 aromatic heterocycles. The monoisotopic (exact) mass is 432 g/mol. The van der Waals surface area contributed by atoms with Gasteiger partial charge < -0.3 is 14.6 Å². The fourth-order valence-corrected chi connectivity index (χ4v) is 8.15. The molecule has 4 aliphatic rings. The van der Waals surface area contributed by atoms with Gasteiger partial charge in [0.25, 0.3) is 0 Å². The molecular formula is C27H44O4. The van der Waals surface area contributed by atoms with Crippen molar-refractivity contribution in [3.63, 3.8) is 0 Å². The molecule has 0 radical (unpaired) electrons. The van der Waals surface area contributed by atoms with Crippen molar-refractivity contribution >= 4 is 5.78 Å². The maximum Gasteiger partial charge on any atom is 0.155 e. The lowest BCUT2D eigenvalue weighted by atomic mass is 9.46. The zero-order valence-corrected chi connectivity index (χ0v) is 20.2. The summed E-state index contributed by atoms with van der Waals surface area (Å²) in [5.74, 6) is 3.30. The molecule has 3 saturated carbocycles. The minimum Gasteiger partial charge on any atom is -0.393 e. The number of ketones is 1. The van der Waals surface area contributed by atoms with Crippen LogP contribution in [-0.4, -0.2) is 36.5 Å². The zero-order valence-electron chi connectivity index (χ0n) is 20.2. The predicted octanol–water partition coefficient (Wildman–Crippen LogP) is 5.67. The van der Waals surface area contributed by atoms with Crippen LogP contribution >= 0.6 is 0 Å². The third kappa shape index (κ3) is 4.42. The molecule has 3 fully saturated rings. The summed E-state index contributed by atoms with van der Waals surface area (Å²) in [5.41, 5.74) is 2.08. The molecule has 0 saturated heterocycles. The van der Waals surface area contributed by atoms with E-state index in [1.165, 1.54) is 37.7 Å². The average molecular weight is 433 g/mol. The number of carbonyl (C=O) groups excluding carboxylic acids is 1. The van der Waals surface area contributed by atoms with Crippen molar-refractivity contribution < 1.29 is 19.4 Å². The van der Waals surface area contributed by atoms with E-state index in [0.717, 1.165) is 43.4 Å². The summed E-state index contributed by atoms with van der Waals surface area (Å²) < 4.78 is 11.1. The Morgan fingerprint density at radius 2 is 1.90 bits per heavy atom. The van der Waals surface area contributed by atoms with Crippen LogP contribution in [0.15, 0.2) is 11.6 Å². The van der Waals surface area contributed by atoms with Crippen molar-refractivity contribution in [2.75, 3.05) is 13.2 Å². The fourth-order valence-electron chi connectivity index (χ4n) is 8.15. The molecule has 0 aliphatic heterocycles. The highest BCUT2D eigenvalue weighted by Gasteiger charge is 2.58. The number of fused-ring (bicyclic) bond motifs is 5. The summed E-state index contributed by atoms with van der Waals surface area (Å²) in [6, 6.07) is 0. The minimum absolute atomic E-state index is 0.192. The topological polar surface area (TPSA) is 55.8 Å². The maximum absolute atomic E-state index is 12.0. The first kappa shape index (κ1) is 23.4. The van der Waals surface area contributed by atoms with Gasteiger partial charge in [0.15, 0.2) is 12.1 Å². The molecule has 31 heavy (non-hydrogen) atoms. The number of rotatable bonds is 8. The smallest absolute Gasteiger partial charge is 0.155 e. The second-order valence-electron chi connectivity index (χ2n) is 11.4. The lowest BCUT2D eigenvalue weighted by Gasteiger charge is -2.58. The highest BCUT2D eigenvalue weighted by Crippen LogP contribution is 2.67. The number of hydrogen-bond donors (Lipinski definition) is 1. The summed E-state index contributed by atoms with van der Waals surface area (Å²) in [5, 5.41) is 10.7. The van der Waals surface area contributed by atoms with E-state index >= 15 is 0 Å². The van der Waals surface area contributed by atoms with E-state index in [-0.39, 0.29) is 17.8 Å². The molecule has 4 aliphatic carbocycles. The van der Waals surface area contributed by atoms with Crippen LogP contribution in [0.2, 0.25) is 0 Å². The quantitative estimate of drug-likeness (QED) is 0.502. The molecule has 2 unspecified atom stereocenters. The molecule has 4 nitrogen and oxygen atoms in total. The number of allylic oxidation sites excluding steroid dienone is 1. The number of hydrogen-bond acceptors (Lipinski definition) is 4. The third-order valence-corrected chi connectivity index (χ3v) is 9.92. The van der Waals surface area contributed by atoms with Gasteiger partial charge in [-0.25, -0.2) is 0 Å². The summed E-state index contributed by atoms with van der Waals surface area (Å²) in [6.07, 6.45) is 12.5. The Morgan fingerprint density at radius 3 is 2.68 bits per heavy atom. The van der Waals surface area contributed by atoms with E-state index in [1.807, 2.05) is 19.9 Å². The largest absolute Gasteiger partial charge is 0.393 e. The maximum atomic E-state index is 12.0. The lowest BCUT2D eigenvalue weighted by Crippen LogP contribution is -2.50. The Morgan fingerprint density at radius 1 is 1.10 bits per heavy atom. The third-order valence-electron chi connectivity index (χ3n) is 9.92. The van der Waals surface area contributed by atoms with Crippen LogP contribution in [-0.2, 0) is 14.3 Å². The first-order valence-corrected chi connectivity index (χ1v) is 12.9. The van der Waals surface area contributed by atoms with Crippen LogP contribution in [0.1, 0.15) is 91.9 Å². The van der Waals surface area contributed by atoms with Crippen LogP contribution in [0, 0.1) is 34.5 Å². The van der Waals surface area contributed by atoms with Gasteiger partial charge in [0.1, 0.15) is 0 Å². The Hall–Kier alpha value is -0.710. The Kier molecular flexibility index (Phi) is 7.01. The number of ether oxygens (including phenoxy) is 2. The average Bonchev–Trinajstić information content (AvgIpc) is 3.05. The molecule has 8 atom stereocenters. The van der Waals surface area contributed by atoms with Crippen molar-refractivity contribution in [1.82, 2.24) is 0 Å². The van der Waals surface area contributed by atoms with E-state index in [0.29, 0.717) is 36.8 Å². The van der Waals surface area contributed by atoms with Crippen LogP contribution < -0.4 is 0 Å². The van der Waals surface area contributed by atoms with E-state index in [4.69, 9.17) is 9.47 Å². The highest BCUT2D eigenvalue weighted by molar-refractivity contribution is 5.91. The SMILES string of the molecule is CCOC(C)OCCC(O)C[C@H]1CC[C@H]2[C@@H]3CCC4=CC(=O)CC[C@]4(C)[C@H]3CC[C@]12C. The standard InChI is InChI=1S/C27H44O4/c1-5-30-18(2)31-15-12-22(29)17-20-7-9-24-23-8-6-19-16-21(28)10-13-26(19,3)25(23)11-14-27(20,24)4/h16,18,20,22-25,29H,5-15,17H2,1-4H3/t18?,20-,22?,23+,24+,25+,26+,27-/m1/s1. The minimum atomic E-state index is -0.283.